The molecule has 0 saturated heterocycles. The van der Waals surface area contributed by atoms with Crippen molar-refractivity contribution in [3.05, 3.63) is 12.7 Å². The molecular weight excluding hydrogens is 279 g/mol. The quantitative estimate of drug-likeness (QED) is 0.281. The summed E-state index contributed by atoms with van der Waals surface area (Å²) in [5.41, 5.74) is 0. The Morgan fingerprint density at radius 1 is 1.33 bits per heavy atom. The highest BCUT2D eigenvalue weighted by molar-refractivity contribution is 7.83. The molecular formula is C8H15Cl3NO2P. The smallest absolute Gasteiger partial charge is 0.306 e. The van der Waals surface area contributed by atoms with E-state index in [1.165, 1.54) is 4.67 Å². The Morgan fingerprint density at radius 3 is 2.27 bits per heavy atom. The predicted octanol–water partition coefficient (Wildman–Crippen LogP) is 3.71. The number of alkyl halides is 2. The van der Waals surface area contributed by atoms with E-state index in [1.54, 1.807) is 6.08 Å². The lowest BCUT2D eigenvalue weighted by Crippen LogP contribution is -2.24. The number of halogens is 3. The molecule has 0 amide bonds. The molecule has 0 spiro atoms. The Hall–Kier alpha value is 0.760. The summed E-state index contributed by atoms with van der Waals surface area (Å²) in [5.74, 6) is 0.664. The van der Waals surface area contributed by atoms with Crippen molar-refractivity contribution in [1.29, 1.82) is 0 Å². The molecule has 0 radical (unpaired) electrons. The van der Waals surface area contributed by atoms with Gasteiger partial charge in [0.25, 0.3) is 0 Å². The molecule has 7 heteroatoms. The summed E-state index contributed by atoms with van der Waals surface area (Å²) in [7, 11) is 0. The maximum atomic E-state index is 11.9. The molecule has 0 aliphatic carbocycles. The fourth-order valence-electron chi connectivity index (χ4n) is 0.876. The van der Waals surface area contributed by atoms with Gasteiger partial charge in [0.2, 0.25) is 0 Å². The van der Waals surface area contributed by atoms with Crippen molar-refractivity contribution in [2.45, 2.75) is 6.42 Å². The second-order valence-corrected chi connectivity index (χ2v) is 6.46. The zero-order valence-electron chi connectivity index (χ0n) is 8.37. The minimum atomic E-state index is -3.28. The van der Waals surface area contributed by atoms with E-state index in [4.69, 9.17) is 39.0 Å². The largest absolute Gasteiger partial charge is 0.363 e. The lowest BCUT2D eigenvalue weighted by Gasteiger charge is -2.24. The Morgan fingerprint density at radius 2 is 1.87 bits per heavy atom. The van der Waals surface area contributed by atoms with Crippen molar-refractivity contribution >= 4 is 41.3 Å². The van der Waals surface area contributed by atoms with E-state index in [2.05, 4.69) is 6.58 Å². The van der Waals surface area contributed by atoms with Gasteiger partial charge >= 0.3 is 6.87 Å². The van der Waals surface area contributed by atoms with Gasteiger partial charge in [-0.15, -0.1) is 29.8 Å². The minimum Gasteiger partial charge on any atom is -0.306 e. The van der Waals surface area contributed by atoms with Crippen LogP contribution in [0, 0.1) is 0 Å². The average molecular weight is 295 g/mol. The molecule has 0 aliphatic heterocycles. The van der Waals surface area contributed by atoms with E-state index < -0.39 is 6.87 Å². The molecule has 0 saturated carbocycles. The van der Waals surface area contributed by atoms with Gasteiger partial charge in [-0.25, -0.2) is 4.67 Å². The standard InChI is InChI=1S/C8H15Cl3NO2P/c1-2-3-8-14-15(11,13)12(6-4-9)7-5-10/h2H,1,3-8H2. The van der Waals surface area contributed by atoms with E-state index in [1.807, 2.05) is 0 Å². The highest BCUT2D eigenvalue weighted by Crippen LogP contribution is 2.55. The first-order chi connectivity index (χ1) is 7.08. The zero-order chi connectivity index (χ0) is 11.7. The van der Waals surface area contributed by atoms with Gasteiger partial charge in [0.15, 0.2) is 0 Å². The summed E-state index contributed by atoms with van der Waals surface area (Å²) in [6.45, 7) is 1.32. The lowest BCUT2D eigenvalue weighted by atomic mass is 10.5. The molecule has 0 aromatic rings. The van der Waals surface area contributed by atoms with Gasteiger partial charge in [0, 0.05) is 24.8 Å². The maximum absolute atomic E-state index is 11.9. The van der Waals surface area contributed by atoms with Crippen molar-refractivity contribution in [3.63, 3.8) is 0 Å². The third kappa shape index (κ3) is 6.83. The summed E-state index contributed by atoms with van der Waals surface area (Å²) < 4.78 is 18.5. The number of hydrogen-bond acceptors (Lipinski definition) is 2. The van der Waals surface area contributed by atoms with Crippen LogP contribution in [0.5, 0.6) is 0 Å². The molecule has 90 valence electrons. The van der Waals surface area contributed by atoms with Gasteiger partial charge in [-0.2, -0.15) is 0 Å². The average Bonchev–Trinajstić information content (AvgIpc) is 2.18. The summed E-state index contributed by atoms with van der Waals surface area (Å²) in [4.78, 5) is 0. The van der Waals surface area contributed by atoms with Crippen molar-refractivity contribution in [2.24, 2.45) is 0 Å². The number of hydrogen-bond donors (Lipinski definition) is 0. The third-order valence-electron chi connectivity index (χ3n) is 1.60. The van der Waals surface area contributed by atoms with Crippen LogP contribution in [0.15, 0.2) is 12.7 Å². The van der Waals surface area contributed by atoms with Crippen LogP contribution in [0.25, 0.3) is 0 Å². The fourth-order valence-corrected chi connectivity index (χ4v) is 3.35. The van der Waals surface area contributed by atoms with Crippen LogP contribution in [0.4, 0.5) is 0 Å². The monoisotopic (exact) mass is 293 g/mol. The summed E-state index contributed by atoms with van der Waals surface area (Å²) in [6, 6.07) is 0. The first-order valence-electron chi connectivity index (χ1n) is 4.51. The molecule has 1 unspecified atom stereocenters. The van der Waals surface area contributed by atoms with Crippen LogP contribution in [-0.4, -0.2) is 36.1 Å². The van der Waals surface area contributed by atoms with Crippen molar-refractivity contribution in [2.75, 3.05) is 31.5 Å². The Kier molecular flexibility index (Phi) is 9.31. The van der Waals surface area contributed by atoms with E-state index in [0.717, 1.165) is 0 Å². The first-order valence-corrected chi connectivity index (χ1v) is 8.06. The SMILES string of the molecule is C=CCCOP(=O)(Cl)N(CCCl)CCCl. The number of rotatable bonds is 9. The van der Waals surface area contributed by atoms with Gasteiger partial charge in [0.05, 0.1) is 6.61 Å². The number of nitrogens with zero attached hydrogens (tertiary/aromatic N) is 1. The van der Waals surface area contributed by atoms with E-state index in [-0.39, 0.29) is 6.61 Å². The van der Waals surface area contributed by atoms with Crippen LogP contribution < -0.4 is 0 Å². The molecule has 0 fully saturated rings. The zero-order valence-corrected chi connectivity index (χ0v) is 11.5. The van der Waals surface area contributed by atoms with E-state index in [0.29, 0.717) is 31.3 Å². The van der Waals surface area contributed by atoms with Crippen LogP contribution in [0.2, 0.25) is 0 Å². The molecule has 0 aromatic heterocycles. The Balaban J connectivity index is 4.21. The highest BCUT2D eigenvalue weighted by Gasteiger charge is 2.28. The molecule has 0 aromatic carbocycles. The van der Waals surface area contributed by atoms with Crippen molar-refractivity contribution < 1.29 is 9.09 Å². The summed E-state index contributed by atoms with van der Waals surface area (Å²) >= 11 is 16.9. The molecule has 0 bridgehead atoms. The van der Waals surface area contributed by atoms with Crippen LogP contribution >= 0.6 is 41.3 Å². The van der Waals surface area contributed by atoms with Gasteiger partial charge in [-0.1, -0.05) is 6.08 Å². The van der Waals surface area contributed by atoms with Crippen molar-refractivity contribution in [1.82, 2.24) is 4.67 Å². The molecule has 0 rings (SSSR count). The van der Waals surface area contributed by atoms with Gasteiger partial charge in [0.1, 0.15) is 0 Å². The van der Waals surface area contributed by atoms with E-state index in [9.17, 15) is 4.57 Å². The van der Waals surface area contributed by atoms with Gasteiger partial charge in [-0.3, -0.25) is 4.57 Å². The van der Waals surface area contributed by atoms with Gasteiger partial charge < -0.3 is 4.52 Å². The van der Waals surface area contributed by atoms with Crippen LogP contribution in [-0.2, 0) is 9.09 Å². The van der Waals surface area contributed by atoms with Crippen LogP contribution in [0.1, 0.15) is 6.42 Å². The Labute approximate surface area is 106 Å². The molecule has 0 N–H and O–H groups in total. The topological polar surface area (TPSA) is 29.5 Å². The second kappa shape index (κ2) is 8.86. The van der Waals surface area contributed by atoms with Crippen LogP contribution in [0.3, 0.4) is 0 Å². The molecule has 0 aliphatic rings. The molecule has 1 atom stereocenters. The molecule has 0 heterocycles. The third-order valence-corrected chi connectivity index (χ3v) is 4.44. The maximum Gasteiger partial charge on any atom is 0.363 e. The molecule has 15 heavy (non-hydrogen) atoms. The van der Waals surface area contributed by atoms with Gasteiger partial charge in [-0.05, 0) is 17.7 Å². The summed E-state index contributed by atoms with van der Waals surface area (Å²) in [5, 5.41) is 0. The molecule has 3 nitrogen and oxygen atoms in total. The minimum absolute atomic E-state index is 0.283. The normalized spacial score (nSPS) is 15.2. The first kappa shape index (κ1) is 15.8. The predicted molar refractivity (Wildman–Crippen MR) is 67.2 cm³/mol. The summed E-state index contributed by atoms with van der Waals surface area (Å²) in [6.07, 6.45) is 2.27. The Bertz CT molecular complexity index is 222. The highest BCUT2D eigenvalue weighted by atomic mass is 35.7. The lowest BCUT2D eigenvalue weighted by molar-refractivity contribution is 0.284. The van der Waals surface area contributed by atoms with E-state index >= 15 is 0 Å². The van der Waals surface area contributed by atoms with Crippen molar-refractivity contribution in [3.8, 4) is 0 Å². The fraction of sp³-hybridized carbons (Fsp3) is 0.750. The second-order valence-electron chi connectivity index (χ2n) is 2.69.